The Hall–Kier alpha value is -2.21. The third-order valence-corrected chi connectivity index (χ3v) is 3.27. The van der Waals surface area contributed by atoms with Gasteiger partial charge in [0.2, 0.25) is 0 Å². The highest BCUT2D eigenvalue weighted by Gasteiger charge is 2.14. The summed E-state index contributed by atoms with van der Waals surface area (Å²) in [5.74, 6) is -2.40. The number of hydrogen-bond donors (Lipinski definition) is 2. The van der Waals surface area contributed by atoms with Gasteiger partial charge in [0, 0.05) is 4.47 Å². The van der Waals surface area contributed by atoms with E-state index in [0.717, 1.165) is 0 Å². The Kier molecular flexibility index (Phi) is 4.14. The number of anilines is 1. The van der Waals surface area contributed by atoms with Gasteiger partial charge in [-0.25, -0.2) is 9.18 Å². The van der Waals surface area contributed by atoms with E-state index in [0.29, 0.717) is 4.47 Å². The average Bonchev–Trinajstić information content (AvgIpc) is 2.41. The lowest BCUT2D eigenvalue weighted by Gasteiger charge is -2.09. The minimum Gasteiger partial charge on any atom is -0.478 e. The van der Waals surface area contributed by atoms with Crippen molar-refractivity contribution < 1.29 is 19.1 Å². The van der Waals surface area contributed by atoms with E-state index < -0.39 is 17.7 Å². The van der Waals surface area contributed by atoms with Crippen molar-refractivity contribution >= 4 is 33.5 Å². The number of carboxylic acid groups (broad SMARTS) is 1. The second-order valence-electron chi connectivity index (χ2n) is 3.93. The highest BCUT2D eigenvalue weighted by Crippen LogP contribution is 2.24. The summed E-state index contributed by atoms with van der Waals surface area (Å²) in [5, 5.41) is 11.4. The molecule has 0 saturated heterocycles. The van der Waals surface area contributed by atoms with Gasteiger partial charge in [-0.1, -0.05) is 12.1 Å². The van der Waals surface area contributed by atoms with Crippen LogP contribution < -0.4 is 5.32 Å². The van der Waals surface area contributed by atoms with Crippen molar-refractivity contribution in [2.75, 3.05) is 5.32 Å². The van der Waals surface area contributed by atoms with Crippen molar-refractivity contribution in [1.29, 1.82) is 0 Å². The Morgan fingerprint density at radius 3 is 2.50 bits per heavy atom. The summed E-state index contributed by atoms with van der Waals surface area (Å²) < 4.78 is 14.0. The van der Waals surface area contributed by atoms with Gasteiger partial charge in [-0.05, 0) is 46.3 Å². The van der Waals surface area contributed by atoms with Gasteiger partial charge in [0.25, 0.3) is 5.91 Å². The van der Waals surface area contributed by atoms with E-state index in [-0.39, 0.29) is 16.8 Å². The molecule has 0 radical (unpaired) electrons. The number of benzene rings is 2. The number of carbonyl (C=O) groups excluding carboxylic acids is 1. The lowest BCUT2D eigenvalue weighted by molar-refractivity contribution is 0.0696. The highest BCUT2D eigenvalue weighted by molar-refractivity contribution is 9.10. The smallest absolute Gasteiger partial charge is 0.335 e. The molecular weight excluding hydrogens is 329 g/mol. The van der Waals surface area contributed by atoms with E-state index in [4.69, 9.17) is 5.11 Å². The van der Waals surface area contributed by atoms with Crippen molar-refractivity contribution in [2.24, 2.45) is 0 Å². The normalized spacial score (nSPS) is 10.1. The van der Waals surface area contributed by atoms with Gasteiger partial charge in [0.1, 0.15) is 5.82 Å². The van der Waals surface area contributed by atoms with E-state index >= 15 is 0 Å². The van der Waals surface area contributed by atoms with Crippen molar-refractivity contribution in [2.45, 2.75) is 0 Å². The quantitative estimate of drug-likeness (QED) is 0.900. The van der Waals surface area contributed by atoms with Crippen LogP contribution in [0.1, 0.15) is 20.7 Å². The molecule has 2 N–H and O–H groups in total. The largest absolute Gasteiger partial charge is 0.478 e. The van der Waals surface area contributed by atoms with Crippen LogP contribution in [0.25, 0.3) is 0 Å². The molecule has 0 heterocycles. The molecule has 0 aliphatic rings. The molecule has 0 saturated carbocycles. The summed E-state index contributed by atoms with van der Waals surface area (Å²) in [6.07, 6.45) is 0. The van der Waals surface area contributed by atoms with Crippen LogP contribution in [-0.2, 0) is 0 Å². The van der Waals surface area contributed by atoms with Crippen LogP contribution >= 0.6 is 15.9 Å². The van der Waals surface area contributed by atoms with Crippen LogP contribution in [-0.4, -0.2) is 17.0 Å². The highest BCUT2D eigenvalue weighted by atomic mass is 79.9. The number of hydrogen-bond acceptors (Lipinski definition) is 2. The summed E-state index contributed by atoms with van der Waals surface area (Å²) in [6.45, 7) is 0. The number of amides is 1. The van der Waals surface area contributed by atoms with Gasteiger partial charge in [-0.15, -0.1) is 0 Å². The third kappa shape index (κ3) is 3.03. The molecule has 20 heavy (non-hydrogen) atoms. The summed E-state index contributed by atoms with van der Waals surface area (Å²) in [5.41, 5.74) is 0.176. The molecule has 0 aromatic heterocycles. The maximum atomic E-state index is 13.5. The van der Waals surface area contributed by atoms with Crippen molar-refractivity contribution in [1.82, 2.24) is 0 Å². The van der Waals surface area contributed by atoms with E-state index in [9.17, 15) is 14.0 Å². The standard InChI is InChI=1S/C14H9BrFNO3/c15-10-6-5-8(14(19)20)7-12(10)17-13(18)9-3-1-2-4-11(9)16/h1-7H,(H,17,18)(H,19,20). The van der Waals surface area contributed by atoms with Crippen molar-refractivity contribution in [3.8, 4) is 0 Å². The van der Waals surface area contributed by atoms with Gasteiger partial charge in [-0.2, -0.15) is 0 Å². The number of nitrogens with one attached hydrogen (secondary N) is 1. The van der Waals surface area contributed by atoms with Crippen LogP contribution in [0.15, 0.2) is 46.9 Å². The Morgan fingerprint density at radius 2 is 1.85 bits per heavy atom. The van der Waals surface area contributed by atoms with E-state index in [1.807, 2.05) is 0 Å². The first-order chi connectivity index (χ1) is 9.49. The van der Waals surface area contributed by atoms with Gasteiger partial charge in [0.05, 0.1) is 16.8 Å². The lowest BCUT2D eigenvalue weighted by atomic mass is 10.1. The predicted molar refractivity (Wildman–Crippen MR) is 75.5 cm³/mol. The van der Waals surface area contributed by atoms with Crippen molar-refractivity contribution in [3.05, 3.63) is 63.9 Å². The van der Waals surface area contributed by atoms with Gasteiger partial charge in [0.15, 0.2) is 0 Å². The maximum Gasteiger partial charge on any atom is 0.335 e. The average molecular weight is 338 g/mol. The fourth-order valence-electron chi connectivity index (χ4n) is 1.59. The predicted octanol–water partition coefficient (Wildman–Crippen LogP) is 3.54. The zero-order chi connectivity index (χ0) is 14.7. The SMILES string of the molecule is O=C(O)c1ccc(Br)c(NC(=O)c2ccccc2F)c1. The number of carbonyl (C=O) groups is 2. The molecule has 4 nitrogen and oxygen atoms in total. The molecule has 0 atom stereocenters. The maximum absolute atomic E-state index is 13.5. The molecule has 6 heteroatoms. The van der Waals surface area contributed by atoms with Gasteiger partial charge >= 0.3 is 5.97 Å². The molecule has 0 bridgehead atoms. The summed E-state index contributed by atoms with van der Waals surface area (Å²) in [7, 11) is 0. The Balaban J connectivity index is 2.30. The van der Waals surface area contributed by atoms with Gasteiger partial charge < -0.3 is 10.4 Å². The van der Waals surface area contributed by atoms with Crippen LogP contribution in [0.2, 0.25) is 0 Å². The molecule has 2 aromatic rings. The molecule has 0 unspecified atom stereocenters. The monoisotopic (exact) mass is 337 g/mol. The number of rotatable bonds is 3. The topological polar surface area (TPSA) is 66.4 Å². The summed E-state index contributed by atoms with van der Waals surface area (Å²) in [6, 6.07) is 9.74. The third-order valence-electron chi connectivity index (χ3n) is 2.58. The fourth-order valence-corrected chi connectivity index (χ4v) is 1.93. The number of carboxylic acids is 1. The van der Waals surface area contributed by atoms with Crippen LogP contribution in [0, 0.1) is 5.82 Å². The Labute approximate surface area is 122 Å². The summed E-state index contributed by atoms with van der Waals surface area (Å²) >= 11 is 3.20. The molecule has 102 valence electrons. The molecular formula is C14H9BrFNO3. The molecule has 0 aliphatic carbocycles. The Bertz CT molecular complexity index is 688. The van der Waals surface area contributed by atoms with E-state index in [1.54, 1.807) is 6.07 Å². The first kappa shape index (κ1) is 14.2. The zero-order valence-corrected chi connectivity index (χ0v) is 11.6. The Morgan fingerprint density at radius 1 is 1.15 bits per heavy atom. The first-order valence-electron chi connectivity index (χ1n) is 5.58. The summed E-state index contributed by atoms with van der Waals surface area (Å²) in [4.78, 5) is 22.8. The molecule has 2 aromatic carbocycles. The van der Waals surface area contributed by atoms with E-state index in [2.05, 4.69) is 21.2 Å². The van der Waals surface area contributed by atoms with Crippen molar-refractivity contribution in [3.63, 3.8) is 0 Å². The lowest BCUT2D eigenvalue weighted by Crippen LogP contribution is -2.14. The number of aromatic carboxylic acids is 1. The molecule has 0 aliphatic heterocycles. The zero-order valence-electron chi connectivity index (χ0n) is 10.1. The van der Waals surface area contributed by atoms with Crippen LogP contribution in [0.5, 0.6) is 0 Å². The second-order valence-corrected chi connectivity index (χ2v) is 4.79. The molecule has 0 spiro atoms. The molecule has 0 fully saturated rings. The minimum atomic E-state index is -1.11. The minimum absolute atomic E-state index is 0.0250. The first-order valence-corrected chi connectivity index (χ1v) is 6.37. The second kappa shape index (κ2) is 5.83. The fraction of sp³-hybridized carbons (Fsp3) is 0. The number of halogens is 2. The molecule has 2 rings (SSSR count). The van der Waals surface area contributed by atoms with E-state index in [1.165, 1.54) is 36.4 Å². The molecule has 1 amide bonds. The van der Waals surface area contributed by atoms with Crippen LogP contribution in [0.4, 0.5) is 10.1 Å². The van der Waals surface area contributed by atoms with Crippen LogP contribution in [0.3, 0.4) is 0 Å². The van der Waals surface area contributed by atoms with Gasteiger partial charge in [-0.3, -0.25) is 4.79 Å².